The molecular weight excluding hydrogens is 608 g/mol. The maximum atomic E-state index is 14.0. The van der Waals surface area contributed by atoms with Gasteiger partial charge in [0.15, 0.2) is 0 Å². The van der Waals surface area contributed by atoms with Crippen LogP contribution in [0.25, 0.3) is 11.1 Å². The van der Waals surface area contributed by atoms with E-state index in [9.17, 15) is 14.7 Å². The van der Waals surface area contributed by atoms with Gasteiger partial charge in [-0.3, -0.25) is 4.79 Å². The highest BCUT2D eigenvalue weighted by atomic mass is 35.5. The maximum Gasteiger partial charge on any atom is 0.326 e. The number of hydrogen-bond donors (Lipinski definition) is 2. The highest BCUT2D eigenvalue weighted by molar-refractivity contribution is 6.30. The van der Waals surface area contributed by atoms with Crippen molar-refractivity contribution in [1.82, 2.24) is 10.2 Å². The molecule has 4 aromatic rings. The van der Waals surface area contributed by atoms with Gasteiger partial charge in [0.25, 0.3) is 0 Å². The summed E-state index contributed by atoms with van der Waals surface area (Å²) in [6.07, 6.45) is 6.28. The number of aliphatic carboxylic acids is 1. The Morgan fingerprint density at radius 2 is 1.64 bits per heavy atom. The predicted molar refractivity (Wildman–Crippen MR) is 186 cm³/mol. The lowest BCUT2D eigenvalue weighted by Crippen LogP contribution is -2.54. The first kappa shape index (κ1) is 32.4. The van der Waals surface area contributed by atoms with E-state index in [0.717, 1.165) is 51.2 Å². The van der Waals surface area contributed by atoms with E-state index in [1.807, 2.05) is 97.1 Å². The molecule has 1 aliphatic heterocycles. The second-order valence-electron chi connectivity index (χ2n) is 12.8. The summed E-state index contributed by atoms with van der Waals surface area (Å²) in [6.45, 7) is 5.36. The van der Waals surface area contributed by atoms with Gasteiger partial charge < -0.3 is 20.1 Å². The molecule has 7 heteroatoms. The van der Waals surface area contributed by atoms with Crippen LogP contribution in [0.5, 0.6) is 5.75 Å². The molecule has 1 amide bonds. The Labute approximate surface area is 282 Å². The zero-order chi connectivity index (χ0) is 32.8. The molecule has 1 aliphatic carbocycles. The van der Waals surface area contributed by atoms with Gasteiger partial charge in [-0.1, -0.05) is 117 Å². The van der Waals surface area contributed by atoms with Crippen LogP contribution in [0.2, 0.25) is 5.02 Å². The molecule has 47 heavy (non-hydrogen) atoms. The molecule has 6 nitrogen and oxygen atoms in total. The van der Waals surface area contributed by atoms with E-state index in [1.165, 1.54) is 25.7 Å². The van der Waals surface area contributed by atoms with E-state index >= 15 is 0 Å². The Kier molecular flexibility index (Phi) is 10.3. The fraction of sp³-hybridized carbons (Fsp3) is 0.300. The molecule has 0 bridgehead atoms. The molecule has 6 rings (SSSR count). The van der Waals surface area contributed by atoms with Gasteiger partial charge in [-0.2, -0.15) is 0 Å². The van der Waals surface area contributed by atoms with Gasteiger partial charge >= 0.3 is 5.97 Å². The average molecular weight is 649 g/mol. The van der Waals surface area contributed by atoms with Crippen molar-refractivity contribution in [2.45, 2.75) is 70.2 Å². The number of halogens is 1. The number of hydrogen-bond acceptors (Lipinski definition) is 4. The number of carbonyl (C=O) groups is 2. The quantitative estimate of drug-likeness (QED) is 0.162. The summed E-state index contributed by atoms with van der Waals surface area (Å²) in [5.41, 5.74) is 7.04. The number of rotatable bonds is 12. The molecule has 2 atom stereocenters. The van der Waals surface area contributed by atoms with E-state index in [0.29, 0.717) is 30.5 Å². The first-order valence-corrected chi connectivity index (χ1v) is 16.8. The Balaban J connectivity index is 1.18. The normalized spacial score (nSPS) is 16.7. The second kappa shape index (κ2) is 14.9. The van der Waals surface area contributed by atoms with Crippen LogP contribution in [-0.2, 0) is 35.6 Å². The molecule has 1 saturated carbocycles. The molecule has 0 aromatic heterocycles. The van der Waals surface area contributed by atoms with Gasteiger partial charge in [-0.25, -0.2) is 4.79 Å². The van der Waals surface area contributed by atoms with Crippen molar-refractivity contribution >= 4 is 23.5 Å². The third-order valence-electron chi connectivity index (χ3n) is 9.43. The summed E-state index contributed by atoms with van der Waals surface area (Å²) < 4.78 is 6.11. The van der Waals surface area contributed by atoms with Crippen LogP contribution in [0, 0.1) is 5.92 Å². The Morgan fingerprint density at radius 3 is 2.36 bits per heavy atom. The van der Waals surface area contributed by atoms with E-state index in [-0.39, 0.29) is 12.3 Å². The molecule has 0 radical (unpaired) electrons. The van der Waals surface area contributed by atoms with Crippen LogP contribution in [0.4, 0.5) is 0 Å². The Morgan fingerprint density at radius 1 is 0.894 bits per heavy atom. The summed E-state index contributed by atoms with van der Waals surface area (Å²) in [5.74, 6) is -0.0415. The number of ether oxygens (including phenoxy) is 1. The number of nitrogens with zero attached hydrogens (tertiary/aromatic N) is 1. The molecule has 0 spiro atoms. The van der Waals surface area contributed by atoms with E-state index in [2.05, 4.69) is 16.8 Å². The van der Waals surface area contributed by atoms with Gasteiger partial charge in [0, 0.05) is 30.1 Å². The monoisotopic (exact) mass is 648 g/mol. The lowest BCUT2D eigenvalue weighted by molar-refractivity contribution is -0.142. The fourth-order valence-electron chi connectivity index (χ4n) is 6.84. The van der Waals surface area contributed by atoms with Crippen molar-refractivity contribution in [2.24, 2.45) is 5.92 Å². The number of carboxylic acids is 1. The van der Waals surface area contributed by atoms with Crippen molar-refractivity contribution in [2.75, 3.05) is 0 Å². The lowest BCUT2D eigenvalue weighted by atomic mass is 9.91. The van der Waals surface area contributed by atoms with Crippen molar-refractivity contribution in [1.29, 1.82) is 0 Å². The summed E-state index contributed by atoms with van der Waals surface area (Å²) in [4.78, 5) is 28.5. The minimum Gasteiger partial charge on any atom is -0.489 e. The van der Waals surface area contributed by atoms with Crippen molar-refractivity contribution in [3.05, 3.63) is 137 Å². The topological polar surface area (TPSA) is 78.9 Å². The summed E-state index contributed by atoms with van der Waals surface area (Å²) >= 11 is 6.15. The molecule has 1 heterocycles. The van der Waals surface area contributed by atoms with Gasteiger partial charge in [0.1, 0.15) is 24.4 Å². The standard InChI is InChI=1S/C40H41ClN2O4/c1-27(20-28-8-5-6-9-28)43-25-34-23-36(47-26-30-10-7-13-35(41)21-30)19-18-33(34)24-38(43)39(44)42-37(40(45)46)22-29-14-16-32(17-15-29)31-11-3-2-4-12-31/h2-4,7,10-19,21,23,28,37-38H,1,5-6,8-9,20,22,24-26H2,(H,42,44)(H,45,46)/t37-,38?/m0/s1. The average Bonchev–Trinajstić information content (AvgIpc) is 3.60. The van der Waals surface area contributed by atoms with Crippen LogP contribution < -0.4 is 10.1 Å². The first-order valence-electron chi connectivity index (χ1n) is 16.4. The SMILES string of the molecule is C=C(CC1CCCC1)N1Cc2cc(OCc3cccc(Cl)c3)ccc2CC1C(=O)N[C@@H](Cc1ccc(-c2ccccc2)cc1)C(=O)O. The number of carboxylic acid groups (broad SMARTS) is 1. The number of amides is 1. The largest absolute Gasteiger partial charge is 0.489 e. The summed E-state index contributed by atoms with van der Waals surface area (Å²) in [6, 6.07) is 29.9. The Hall–Kier alpha value is -4.55. The smallest absolute Gasteiger partial charge is 0.326 e. The molecule has 4 aromatic carbocycles. The lowest BCUT2D eigenvalue weighted by Gasteiger charge is -2.40. The van der Waals surface area contributed by atoms with E-state index in [4.69, 9.17) is 16.3 Å². The maximum absolute atomic E-state index is 14.0. The van der Waals surface area contributed by atoms with Crippen LogP contribution in [-0.4, -0.2) is 34.0 Å². The van der Waals surface area contributed by atoms with Gasteiger partial charge in [-0.15, -0.1) is 0 Å². The number of carbonyl (C=O) groups excluding carboxylic acids is 1. The Bertz CT molecular complexity index is 1720. The van der Waals surface area contributed by atoms with Crippen LogP contribution >= 0.6 is 11.6 Å². The third kappa shape index (κ3) is 8.25. The van der Waals surface area contributed by atoms with E-state index < -0.39 is 18.1 Å². The molecular formula is C40H41ClN2O4. The molecule has 1 fully saturated rings. The highest BCUT2D eigenvalue weighted by Crippen LogP contribution is 2.35. The number of allylic oxidation sites excluding steroid dienone is 1. The summed E-state index contributed by atoms with van der Waals surface area (Å²) in [7, 11) is 0. The molecule has 2 N–H and O–H groups in total. The van der Waals surface area contributed by atoms with Crippen LogP contribution in [0.1, 0.15) is 54.4 Å². The van der Waals surface area contributed by atoms with Crippen LogP contribution in [0.15, 0.2) is 109 Å². The van der Waals surface area contributed by atoms with Crippen molar-refractivity contribution < 1.29 is 19.4 Å². The minimum atomic E-state index is -1.06. The zero-order valence-corrected chi connectivity index (χ0v) is 27.3. The predicted octanol–water partition coefficient (Wildman–Crippen LogP) is 8.22. The minimum absolute atomic E-state index is 0.190. The molecule has 1 unspecified atom stereocenters. The van der Waals surface area contributed by atoms with Crippen molar-refractivity contribution in [3.8, 4) is 16.9 Å². The van der Waals surface area contributed by atoms with E-state index in [1.54, 1.807) is 0 Å². The highest BCUT2D eigenvalue weighted by Gasteiger charge is 2.35. The van der Waals surface area contributed by atoms with Gasteiger partial charge in [0.2, 0.25) is 5.91 Å². The summed E-state index contributed by atoms with van der Waals surface area (Å²) in [5, 5.41) is 13.7. The van der Waals surface area contributed by atoms with Crippen molar-refractivity contribution in [3.63, 3.8) is 0 Å². The number of fused-ring (bicyclic) bond motifs is 1. The number of benzene rings is 4. The fourth-order valence-corrected chi connectivity index (χ4v) is 7.06. The van der Waals surface area contributed by atoms with Gasteiger partial charge in [-0.05, 0) is 70.0 Å². The van der Waals surface area contributed by atoms with Crippen LogP contribution in [0.3, 0.4) is 0 Å². The molecule has 242 valence electrons. The third-order valence-corrected chi connectivity index (χ3v) is 9.66. The van der Waals surface area contributed by atoms with Gasteiger partial charge in [0.05, 0.1) is 0 Å². The zero-order valence-electron chi connectivity index (χ0n) is 26.5. The molecule has 2 aliphatic rings. The second-order valence-corrected chi connectivity index (χ2v) is 13.2. The number of nitrogens with one attached hydrogen (secondary N) is 1. The molecule has 0 saturated heterocycles. The first-order chi connectivity index (χ1) is 22.8.